The number of para-hydroxylation sites is 1. The molecule has 33 heavy (non-hydrogen) atoms. The van der Waals surface area contributed by atoms with E-state index in [1.54, 1.807) is 13.3 Å². The number of aliphatic imine (C=N–C) groups is 1. The summed E-state index contributed by atoms with van der Waals surface area (Å²) in [6, 6.07) is 18.9. The molecule has 174 valence electrons. The summed E-state index contributed by atoms with van der Waals surface area (Å²) in [4.78, 5) is 13.9. The maximum absolute atomic E-state index is 5.64. The lowest BCUT2D eigenvalue weighted by atomic mass is 10.1. The monoisotopic (exact) mass is 446 g/mol. The molecule has 0 aliphatic carbocycles. The van der Waals surface area contributed by atoms with E-state index < -0.39 is 0 Å². The predicted octanol–water partition coefficient (Wildman–Crippen LogP) is 3.53. The second kappa shape index (κ2) is 11.5. The lowest BCUT2D eigenvalue weighted by Gasteiger charge is -2.36. The topological polar surface area (TPSA) is 68.9 Å². The first-order chi connectivity index (χ1) is 16.2. The summed E-state index contributed by atoms with van der Waals surface area (Å²) in [5, 5.41) is 6.72. The lowest BCUT2D eigenvalue weighted by Crippen LogP contribution is -2.47. The Morgan fingerprint density at radius 1 is 1.00 bits per heavy atom. The van der Waals surface area contributed by atoms with Gasteiger partial charge in [-0.25, -0.2) is 4.98 Å². The molecule has 2 N–H and O–H groups in total. The SMILES string of the molecule is CN=C(NCCCN1CCN(c2ccccc2)CC1)NCc1coc(-c2ccc(C)cc2)n1. The van der Waals surface area contributed by atoms with Crippen molar-refractivity contribution in [3.8, 4) is 11.5 Å². The first-order valence-electron chi connectivity index (χ1n) is 11.7. The maximum atomic E-state index is 5.64. The number of hydrogen-bond donors (Lipinski definition) is 2. The van der Waals surface area contributed by atoms with Gasteiger partial charge in [0.25, 0.3) is 0 Å². The molecule has 3 aromatic rings. The molecule has 1 aliphatic rings. The van der Waals surface area contributed by atoms with Gasteiger partial charge in [-0.1, -0.05) is 35.9 Å². The average Bonchev–Trinajstić information content (AvgIpc) is 3.34. The fraction of sp³-hybridized carbons (Fsp3) is 0.385. The minimum Gasteiger partial charge on any atom is -0.444 e. The third kappa shape index (κ3) is 6.58. The molecule has 2 heterocycles. The molecular weight excluding hydrogens is 412 g/mol. The molecule has 2 aromatic carbocycles. The zero-order valence-electron chi connectivity index (χ0n) is 19.6. The van der Waals surface area contributed by atoms with E-state index in [-0.39, 0.29) is 0 Å². The Morgan fingerprint density at radius 2 is 1.76 bits per heavy atom. The second-order valence-electron chi connectivity index (χ2n) is 8.38. The van der Waals surface area contributed by atoms with Crippen LogP contribution in [0.15, 0.2) is 70.3 Å². The number of piperazine rings is 1. The number of aryl methyl sites for hydroxylation is 1. The van der Waals surface area contributed by atoms with Gasteiger partial charge >= 0.3 is 0 Å². The fourth-order valence-electron chi connectivity index (χ4n) is 3.99. The quantitative estimate of drug-likeness (QED) is 0.313. The molecule has 0 saturated carbocycles. The third-order valence-electron chi connectivity index (χ3n) is 5.95. The summed E-state index contributed by atoms with van der Waals surface area (Å²) in [5.41, 5.74) is 4.38. The summed E-state index contributed by atoms with van der Waals surface area (Å²) in [5.74, 6) is 1.42. The van der Waals surface area contributed by atoms with Crippen LogP contribution in [0, 0.1) is 6.92 Å². The van der Waals surface area contributed by atoms with Gasteiger partial charge < -0.3 is 20.0 Å². The van der Waals surface area contributed by atoms with Crippen LogP contribution in [0.1, 0.15) is 17.7 Å². The van der Waals surface area contributed by atoms with E-state index in [9.17, 15) is 0 Å². The van der Waals surface area contributed by atoms with E-state index in [4.69, 9.17) is 4.42 Å². The molecule has 0 radical (unpaired) electrons. The fourth-order valence-corrected chi connectivity index (χ4v) is 3.99. The molecular formula is C26H34N6O. The van der Waals surface area contributed by atoms with Crippen LogP contribution in [-0.2, 0) is 6.54 Å². The molecule has 7 heteroatoms. The molecule has 1 aromatic heterocycles. The Kier molecular flexibility index (Phi) is 7.98. The molecule has 0 amide bonds. The molecule has 1 saturated heterocycles. The summed E-state index contributed by atoms with van der Waals surface area (Å²) < 4.78 is 5.64. The van der Waals surface area contributed by atoms with Crippen molar-refractivity contribution >= 4 is 11.6 Å². The van der Waals surface area contributed by atoms with Gasteiger partial charge in [0.1, 0.15) is 6.26 Å². The third-order valence-corrected chi connectivity index (χ3v) is 5.95. The number of nitrogens with zero attached hydrogens (tertiary/aromatic N) is 4. The highest BCUT2D eigenvalue weighted by atomic mass is 16.3. The Bertz CT molecular complexity index is 1010. The minimum absolute atomic E-state index is 0.566. The number of benzene rings is 2. The van der Waals surface area contributed by atoms with Crippen LogP contribution >= 0.6 is 0 Å². The largest absolute Gasteiger partial charge is 0.444 e. The summed E-state index contributed by atoms with van der Waals surface area (Å²) in [6.07, 6.45) is 2.78. The van der Waals surface area contributed by atoms with E-state index in [2.05, 4.69) is 79.8 Å². The molecule has 1 aliphatic heterocycles. The van der Waals surface area contributed by atoms with Crippen molar-refractivity contribution in [1.29, 1.82) is 0 Å². The zero-order chi connectivity index (χ0) is 22.9. The summed E-state index contributed by atoms with van der Waals surface area (Å²) in [6.45, 7) is 9.00. The van der Waals surface area contributed by atoms with Gasteiger partial charge in [0.15, 0.2) is 5.96 Å². The van der Waals surface area contributed by atoms with Crippen molar-refractivity contribution in [2.24, 2.45) is 4.99 Å². The number of rotatable bonds is 8. The van der Waals surface area contributed by atoms with Crippen LogP contribution in [0.4, 0.5) is 5.69 Å². The van der Waals surface area contributed by atoms with Crippen LogP contribution < -0.4 is 15.5 Å². The van der Waals surface area contributed by atoms with Gasteiger partial charge in [-0.05, 0) is 44.2 Å². The maximum Gasteiger partial charge on any atom is 0.226 e. The normalized spacial score (nSPS) is 15.0. The highest BCUT2D eigenvalue weighted by Gasteiger charge is 2.16. The van der Waals surface area contributed by atoms with Gasteiger partial charge in [0.05, 0.1) is 12.2 Å². The van der Waals surface area contributed by atoms with Crippen molar-refractivity contribution in [3.05, 3.63) is 72.1 Å². The first kappa shape index (κ1) is 22.9. The Balaban J connectivity index is 1.13. The van der Waals surface area contributed by atoms with Crippen molar-refractivity contribution in [2.45, 2.75) is 19.9 Å². The number of anilines is 1. The standard InChI is InChI=1S/C26H34N6O/c1-21-9-11-22(12-10-21)25-30-23(20-33-25)19-29-26(27-2)28-13-6-14-31-15-17-32(18-16-31)24-7-4-3-5-8-24/h3-5,7-12,20H,6,13-19H2,1-2H3,(H2,27,28,29). The minimum atomic E-state index is 0.566. The van der Waals surface area contributed by atoms with E-state index in [1.807, 2.05) is 12.1 Å². The highest BCUT2D eigenvalue weighted by molar-refractivity contribution is 5.79. The van der Waals surface area contributed by atoms with Gasteiger partial charge in [-0.2, -0.15) is 0 Å². The molecule has 7 nitrogen and oxygen atoms in total. The summed E-state index contributed by atoms with van der Waals surface area (Å²) in [7, 11) is 1.79. The van der Waals surface area contributed by atoms with Crippen molar-refractivity contribution in [3.63, 3.8) is 0 Å². The number of nitrogens with one attached hydrogen (secondary N) is 2. The van der Waals surface area contributed by atoms with Crippen LogP contribution in [0.5, 0.6) is 0 Å². The van der Waals surface area contributed by atoms with Gasteiger partial charge in [0.2, 0.25) is 5.89 Å². The van der Waals surface area contributed by atoms with Gasteiger partial charge in [-0.15, -0.1) is 0 Å². The number of aromatic nitrogens is 1. The van der Waals surface area contributed by atoms with E-state index in [0.29, 0.717) is 12.4 Å². The molecule has 0 bridgehead atoms. The predicted molar refractivity (Wildman–Crippen MR) is 135 cm³/mol. The molecule has 0 unspecified atom stereocenters. The van der Waals surface area contributed by atoms with Gasteiger partial charge in [-0.3, -0.25) is 9.89 Å². The molecule has 1 fully saturated rings. The number of oxazole rings is 1. The van der Waals surface area contributed by atoms with Crippen molar-refractivity contribution in [1.82, 2.24) is 20.5 Å². The Labute approximate surface area is 196 Å². The van der Waals surface area contributed by atoms with Crippen molar-refractivity contribution < 1.29 is 4.42 Å². The second-order valence-corrected chi connectivity index (χ2v) is 8.38. The average molecular weight is 447 g/mol. The zero-order valence-corrected chi connectivity index (χ0v) is 19.6. The first-order valence-corrected chi connectivity index (χ1v) is 11.7. The Morgan fingerprint density at radius 3 is 2.48 bits per heavy atom. The van der Waals surface area contributed by atoms with E-state index in [0.717, 1.165) is 62.9 Å². The smallest absolute Gasteiger partial charge is 0.226 e. The number of hydrogen-bond acceptors (Lipinski definition) is 5. The van der Waals surface area contributed by atoms with Crippen LogP contribution in [-0.4, -0.2) is 62.2 Å². The van der Waals surface area contributed by atoms with Crippen LogP contribution in [0.3, 0.4) is 0 Å². The van der Waals surface area contributed by atoms with Crippen molar-refractivity contribution in [2.75, 3.05) is 51.2 Å². The van der Waals surface area contributed by atoms with Crippen LogP contribution in [0.2, 0.25) is 0 Å². The number of guanidine groups is 1. The molecule has 4 rings (SSSR count). The lowest BCUT2D eigenvalue weighted by molar-refractivity contribution is 0.255. The highest BCUT2D eigenvalue weighted by Crippen LogP contribution is 2.19. The molecule has 0 atom stereocenters. The Hall–Kier alpha value is -3.32. The van der Waals surface area contributed by atoms with Crippen LogP contribution in [0.25, 0.3) is 11.5 Å². The van der Waals surface area contributed by atoms with Gasteiger partial charge in [0, 0.05) is 51.0 Å². The van der Waals surface area contributed by atoms with E-state index in [1.165, 1.54) is 11.3 Å². The van der Waals surface area contributed by atoms with E-state index >= 15 is 0 Å². The molecule has 0 spiro atoms. The summed E-state index contributed by atoms with van der Waals surface area (Å²) >= 11 is 0.